The maximum absolute atomic E-state index is 4.84. The topological polar surface area (TPSA) is 41.1 Å². The minimum atomic E-state index is 0.204. The standard InChI is InChI=1S/C25H30N4/c1-19-17-24(27-20(2)23-11-7-4-8-12-23)28-25(26-19)29-15-13-22(14-16-29)18-21-9-5-3-6-10-21/h3-12,17,20,22H,13-16,18H2,1-2H3,(H,26,27,28). The zero-order valence-electron chi connectivity index (χ0n) is 17.4. The van der Waals surface area contributed by atoms with Crippen LogP contribution in [0.2, 0.25) is 0 Å². The molecule has 2 aromatic carbocycles. The summed E-state index contributed by atoms with van der Waals surface area (Å²) in [6, 6.07) is 23.5. The molecular formula is C25H30N4. The first-order valence-corrected chi connectivity index (χ1v) is 10.6. The summed E-state index contributed by atoms with van der Waals surface area (Å²) in [6.45, 7) is 6.26. The molecule has 4 rings (SSSR count). The highest BCUT2D eigenvalue weighted by atomic mass is 15.3. The van der Waals surface area contributed by atoms with E-state index >= 15 is 0 Å². The second-order valence-corrected chi connectivity index (χ2v) is 8.09. The van der Waals surface area contributed by atoms with Gasteiger partial charge in [-0.1, -0.05) is 60.7 Å². The first kappa shape index (κ1) is 19.4. The molecule has 1 saturated heterocycles. The van der Waals surface area contributed by atoms with Crippen LogP contribution in [0.5, 0.6) is 0 Å². The average Bonchev–Trinajstić information content (AvgIpc) is 2.75. The van der Waals surface area contributed by atoms with Crippen molar-refractivity contribution in [3.8, 4) is 0 Å². The molecule has 1 fully saturated rings. The van der Waals surface area contributed by atoms with Crippen LogP contribution in [0.1, 0.15) is 42.6 Å². The summed E-state index contributed by atoms with van der Waals surface area (Å²) in [7, 11) is 0. The van der Waals surface area contributed by atoms with E-state index in [9.17, 15) is 0 Å². The minimum absolute atomic E-state index is 0.204. The van der Waals surface area contributed by atoms with Crippen molar-refractivity contribution >= 4 is 11.8 Å². The first-order valence-electron chi connectivity index (χ1n) is 10.6. The van der Waals surface area contributed by atoms with Crippen molar-refractivity contribution in [2.24, 2.45) is 5.92 Å². The van der Waals surface area contributed by atoms with Gasteiger partial charge in [-0.2, -0.15) is 4.98 Å². The largest absolute Gasteiger partial charge is 0.363 e. The summed E-state index contributed by atoms with van der Waals surface area (Å²) in [4.78, 5) is 11.9. The van der Waals surface area contributed by atoms with Crippen molar-refractivity contribution in [3.05, 3.63) is 83.6 Å². The fraction of sp³-hybridized carbons (Fsp3) is 0.360. The molecule has 0 spiro atoms. The highest BCUT2D eigenvalue weighted by molar-refractivity contribution is 5.45. The van der Waals surface area contributed by atoms with Crippen molar-refractivity contribution in [2.75, 3.05) is 23.3 Å². The lowest BCUT2D eigenvalue weighted by Crippen LogP contribution is -2.35. The summed E-state index contributed by atoms with van der Waals surface area (Å²) < 4.78 is 0. The Bertz CT molecular complexity index is 903. The van der Waals surface area contributed by atoms with Gasteiger partial charge < -0.3 is 10.2 Å². The molecule has 0 radical (unpaired) electrons. The Morgan fingerprint density at radius 1 is 0.966 bits per heavy atom. The second kappa shape index (κ2) is 9.08. The van der Waals surface area contributed by atoms with Gasteiger partial charge in [-0.15, -0.1) is 0 Å². The number of aromatic nitrogens is 2. The molecule has 0 bridgehead atoms. The van der Waals surface area contributed by atoms with Gasteiger partial charge in [0.25, 0.3) is 0 Å². The van der Waals surface area contributed by atoms with Gasteiger partial charge in [0.05, 0.1) is 0 Å². The molecule has 29 heavy (non-hydrogen) atoms. The predicted molar refractivity (Wildman–Crippen MR) is 120 cm³/mol. The maximum Gasteiger partial charge on any atom is 0.227 e. The number of aryl methyl sites for hydroxylation is 1. The zero-order valence-corrected chi connectivity index (χ0v) is 17.4. The van der Waals surface area contributed by atoms with E-state index in [1.54, 1.807) is 0 Å². The predicted octanol–water partition coefficient (Wildman–Crippen LogP) is 5.42. The van der Waals surface area contributed by atoms with Gasteiger partial charge in [-0.05, 0) is 50.2 Å². The van der Waals surface area contributed by atoms with Gasteiger partial charge in [-0.3, -0.25) is 0 Å². The Balaban J connectivity index is 1.39. The van der Waals surface area contributed by atoms with E-state index in [1.807, 2.05) is 19.1 Å². The van der Waals surface area contributed by atoms with Crippen LogP contribution in [-0.2, 0) is 6.42 Å². The molecule has 1 aliphatic rings. The van der Waals surface area contributed by atoms with Gasteiger partial charge in [0.1, 0.15) is 5.82 Å². The van der Waals surface area contributed by atoms with Crippen molar-refractivity contribution in [2.45, 2.75) is 39.2 Å². The Kier molecular flexibility index (Phi) is 6.09. The lowest BCUT2D eigenvalue weighted by Gasteiger charge is -2.32. The molecule has 4 heteroatoms. The van der Waals surface area contributed by atoms with Crippen molar-refractivity contribution in [1.29, 1.82) is 0 Å². The van der Waals surface area contributed by atoms with Crippen LogP contribution < -0.4 is 10.2 Å². The van der Waals surface area contributed by atoms with Crippen LogP contribution >= 0.6 is 0 Å². The fourth-order valence-electron chi connectivity index (χ4n) is 4.10. The normalized spacial score (nSPS) is 15.9. The molecule has 1 atom stereocenters. The number of hydrogen-bond donors (Lipinski definition) is 1. The molecule has 1 N–H and O–H groups in total. The van der Waals surface area contributed by atoms with Gasteiger partial charge in [0, 0.05) is 30.9 Å². The quantitative estimate of drug-likeness (QED) is 0.614. The smallest absolute Gasteiger partial charge is 0.227 e. The molecule has 1 unspecified atom stereocenters. The number of hydrogen-bond acceptors (Lipinski definition) is 4. The number of benzene rings is 2. The number of piperidine rings is 1. The van der Waals surface area contributed by atoms with Gasteiger partial charge in [0.2, 0.25) is 5.95 Å². The Morgan fingerprint density at radius 3 is 2.31 bits per heavy atom. The van der Waals surface area contributed by atoms with Crippen LogP contribution in [0.3, 0.4) is 0 Å². The molecule has 4 nitrogen and oxygen atoms in total. The minimum Gasteiger partial charge on any atom is -0.363 e. The van der Waals surface area contributed by atoms with E-state index in [2.05, 4.69) is 71.7 Å². The summed E-state index contributed by atoms with van der Waals surface area (Å²) >= 11 is 0. The first-order chi connectivity index (χ1) is 14.2. The van der Waals surface area contributed by atoms with Crippen molar-refractivity contribution < 1.29 is 0 Å². The van der Waals surface area contributed by atoms with E-state index in [0.29, 0.717) is 0 Å². The third kappa shape index (κ3) is 5.14. The van der Waals surface area contributed by atoms with E-state index in [1.165, 1.54) is 30.4 Å². The van der Waals surface area contributed by atoms with Crippen molar-refractivity contribution in [1.82, 2.24) is 9.97 Å². The summed E-state index contributed by atoms with van der Waals surface area (Å²) in [5.41, 5.74) is 3.70. The van der Waals surface area contributed by atoms with Crippen LogP contribution in [0.4, 0.5) is 11.8 Å². The highest BCUT2D eigenvalue weighted by Crippen LogP contribution is 2.26. The third-order valence-corrected chi connectivity index (χ3v) is 5.77. The fourth-order valence-corrected chi connectivity index (χ4v) is 4.10. The van der Waals surface area contributed by atoms with Crippen LogP contribution in [0, 0.1) is 12.8 Å². The summed E-state index contributed by atoms with van der Waals surface area (Å²) in [5.74, 6) is 2.50. The van der Waals surface area contributed by atoms with Crippen molar-refractivity contribution in [3.63, 3.8) is 0 Å². The Labute approximate surface area is 174 Å². The highest BCUT2D eigenvalue weighted by Gasteiger charge is 2.22. The molecule has 3 aromatic rings. The zero-order chi connectivity index (χ0) is 20.1. The van der Waals surface area contributed by atoms with Crippen LogP contribution in [0.15, 0.2) is 66.7 Å². The van der Waals surface area contributed by atoms with E-state index < -0.39 is 0 Å². The van der Waals surface area contributed by atoms with Gasteiger partial charge in [-0.25, -0.2) is 4.98 Å². The number of nitrogens with zero attached hydrogens (tertiary/aromatic N) is 3. The Hall–Kier alpha value is -2.88. The lowest BCUT2D eigenvalue weighted by molar-refractivity contribution is 0.400. The summed E-state index contributed by atoms with van der Waals surface area (Å²) in [6.07, 6.45) is 3.55. The van der Waals surface area contributed by atoms with E-state index in [-0.39, 0.29) is 6.04 Å². The second-order valence-electron chi connectivity index (χ2n) is 8.09. The molecule has 1 aliphatic heterocycles. The monoisotopic (exact) mass is 386 g/mol. The van der Waals surface area contributed by atoms with Crippen LogP contribution in [0.25, 0.3) is 0 Å². The maximum atomic E-state index is 4.84. The van der Waals surface area contributed by atoms with Crippen LogP contribution in [-0.4, -0.2) is 23.1 Å². The number of rotatable bonds is 6. The lowest BCUT2D eigenvalue weighted by atomic mass is 9.90. The third-order valence-electron chi connectivity index (χ3n) is 5.77. The molecule has 0 aliphatic carbocycles. The molecule has 0 saturated carbocycles. The van der Waals surface area contributed by atoms with Gasteiger partial charge >= 0.3 is 0 Å². The van der Waals surface area contributed by atoms with Gasteiger partial charge in [0.15, 0.2) is 0 Å². The SMILES string of the molecule is Cc1cc(NC(C)c2ccccc2)nc(N2CCC(Cc3ccccc3)CC2)n1. The average molecular weight is 387 g/mol. The molecule has 0 amide bonds. The molecule has 1 aromatic heterocycles. The number of anilines is 2. The molecule has 2 heterocycles. The number of nitrogens with one attached hydrogen (secondary N) is 1. The van der Waals surface area contributed by atoms with E-state index in [4.69, 9.17) is 9.97 Å². The summed E-state index contributed by atoms with van der Waals surface area (Å²) in [5, 5.41) is 3.54. The Morgan fingerprint density at radius 2 is 1.62 bits per heavy atom. The molecular weight excluding hydrogens is 356 g/mol. The van der Waals surface area contributed by atoms with E-state index in [0.717, 1.165) is 36.5 Å². The molecule has 150 valence electrons.